The number of aromatic nitrogens is 1. The lowest BCUT2D eigenvalue weighted by molar-refractivity contribution is 0.722. The summed E-state index contributed by atoms with van der Waals surface area (Å²) in [6.07, 6.45) is 5.58. The van der Waals surface area contributed by atoms with Gasteiger partial charge in [-0.2, -0.15) is 0 Å². The predicted octanol–water partition coefficient (Wildman–Crippen LogP) is 2.27. The molecule has 0 amide bonds. The Labute approximate surface area is 104 Å². The maximum Gasteiger partial charge on any atom is 0.129 e. The van der Waals surface area contributed by atoms with Crippen LogP contribution in [0.15, 0.2) is 24.3 Å². The van der Waals surface area contributed by atoms with Crippen molar-refractivity contribution in [3.05, 3.63) is 35.5 Å². The van der Waals surface area contributed by atoms with Gasteiger partial charge in [0.2, 0.25) is 0 Å². The summed E-state index contributed by atoms with van der Waals surface area (Å²) in [5.74, 6) is 1.11. The van der Waals surface area contributed by atoms with Crippen LogP contribution in [0, 0.1) is 6.92 Å². The molecule has 0 saturated heterocycles. The average Bonchev–Trinajstić information content (AvgIpc) is 2.37. The van der Waals surface area contributed by atoms with Crippen LogP contribution < -0.4 is 10.2 Å². The highest BCUT2D eigenvalue weighted by Gasteiger charge is 2.10. The maximum atomic E-state index is 4.63. The van der Waals surface area contributed by atoms with E-state index in [1.807, 2.05) is 0 Å². The number of nitrogens with zero attached hydrogens (tertiary/aromatic N) is 2. The minimum atomic E-state index is 0.927. The second kappa shape index (κ2) is 5.82. The Balaban J connectivity index is 2.15. The molecule has 0 unspecified atom stereocenters. The molecule has 3 heteroatoms. The highest BCUT2D eigenvalue weighted by molar-refractivity contribution is 5.44. The Bertz CT molecular complexity index is 398. The lowest BCUT2D eigenvalue weighted by Gasteiger charge is -2.25. The van der Waals surface area contributed by atoms with Gasteiger partial charge in [-0.05, 0) is 37.6 Å². The van der Waals surface area contributed by atoms with E-state index in [0.717, 1.165) is 44.1 Å². The lowest BCUT2D eigenvalue weighted by atomic mass is 10.2. The van der Waals surface area contributed by atoms with Gasteiger partial charge in [0, 0.05) is 25.3 Å². The van der Waals surface area contributed by atoms with Crippen LogP contribution in [0.3, 0.4) is 0 Å². The zero-order chi connectivity index (χ0) is 12.1. The monoisotopic (exact) mass is 231 g/mol. The summed E-state index contributed by atoms with van der Waals surface area (Å²) < 4.78 is 0. The summed E-state index contributed by atoms with van der Waals surface area (Å²) in [6, 6.07) is 4.36. The molecule has 1 aromatic heterocycles. The first-order chi connectivity index (χ1) is 8.29. The molecule has 3 nitrogen and oxygen atoms in total. The van der Waals surface area contributed by atoms with Crippen molar-refractivity contribution in [2.45, 2.75) is 26.8 Å². The molecule has 17 heavy (non-hydrogen) atoms. The first kappa shape index (κ1) is 12.1. The van der Waals surface area contributed by atoms with Gasteiger partial charge in [-0.25, -0.2) is 4.98 Å². The van der Waals surface area contributed by atoms with Crippen LogP contribution in [0.1, 0.15) is 24.6 Å². The van der Waals surface area contributed by atoms with E-state index in [-0.39, 0.29) is 0 Å². The number of hydrogen-bond donors (Lipinski definition) is 1. The van der Waals surface area contributed by atoms with Gasteiger partial charge in [-0.15, -0.1) is 0 Å². The first-order valence-corrected chi connectivity index (χ1v) is 6.38. The molecule has 0 spiro atoms. The van der Waals surface area contributed by atoms with E-state index >= 15 is 0 Å². The molecule has 92 valence electrons. The number of nitrogens with one attached hydrogen (secondary N) is 1. The van der Waals surface area contributed by atoms with Gasteiger partial charge in [-0.3, -0.25) is 0 Å². The largest absolute Gasteiger partial charge is 0.353 e. The minimum Gasteiger partial charge on any atom is -0.353 e. The van der Waals surface area contributed by atoms with Crippen LogP contribution in [0.25, 0.3) is 0 Å². The van der Waals surface area contributed by atoms with Gasteiger partial charge in [0.25, 0.3) is 0 Å². The molecule has 2 rings (SSSR count). The first-order valence-electron chi connectivity index (χ1n) is 6.38. The quantitative estimate of drug-likeness (QED) is 0.806. The van der Waals surface area contributed by atoms with Crippen LogP contribution in [0.5, 0.6) is 0 Å². The third-order valence-corrected chi connectivity index (χ3v) is 2.96. The van der Waals surface area contributed by atoms with E-state index in [1.165, 1.54) is 5.56 Å². The Kier molecular flexibility index (Phi) is 4.15. The van der Waals surface area contributed by atoms with E-state index in [9.17, 15) is 0 Å². The molecule has 1 aliphatic rings. The highest BCUT2D eigenvalue weighted by Crippen LogP contribution is 2.17. The van der Waals surface area contributed by atoms with Crippen molar-refractivity contribution < 1.29 is 0 Å². The molecular formula is C14H21N3. The van der Waals surface area contributed by atoms with E-state index in [1.54, 1.807) is 0 Å². The van der Waals surface area contributed by atoms with Gasteiger partial charge >= 0.3 is 0 Å². The summed E-state index contributed by atoms with van der Waals surface area (Å²) >= 11 is 0. The van der Waals surface area contributed by atoms with E-state index in [0.29, 0.717) is 0 Å². The van der Waals surface area contributed by atoms with Crippen LogP contribution in [-0.2, 0) is 6.54 Å². The molecule has 0 fully saturated rings. The van der Waals surface area contributed by atoms with E-state index < -0.39 is 0 Å². The molecule has 0 saturated carbocycles. The van der Waals surface area contributed by atoms with Crippen molar-refractivity contribution in [3.8, 4) is 0 Å². The average molecular weight is 231 g/mol. The fraction of sp³-hybridized carbons (Fsp3) is 0.500. The van der Waals surface area contributed by atoms with Gasteiger partial charge in [0.1, 0.15) is 5.82 Å². The molecule has 2 heterocycles. The van der Waals surface area contributed by atoms with Crippen LogP contribution in [-0.4, -0.2) is 24.6 Å². The number of rotatable bonds is 4. The summed E-state index contributed by atoms with van der Waals surface area (Å²) in [4.78, 5) is 6.97. The smallest absolute Gasteiger partial charge is 0.129 e. The zero-order valence-electron chi connectivity index (χ0n) is 10.7. The third kappa shape index (κ3) is 3.30. The second-order valence-electron chi connectivity index (χ2n) is 4.46. The fourth-order valence-electron chi connectivity index (χ4n) is 2.10. The second-order valence-corrected chi connectivity index (χ2v) is 4.46. The molecular weight excluding hydrogens is 210 g/mol. The number of hydrogen-bond acceptors (Lipinski definition) is 3. The van der Waals surface area contributed by atoms with Crippen LogP contribution in [0.4, 0.5) is 5.82 Å². The summed E-state index contributed by atoms with van der Waals surface area (Å²) in [5.41, 5.74) is 2.42. The van der Waals surface area contributed by atoms with Crippen molar-refractivity contribution >= 4 is 5.82 Å². The topological polar surface area (TPSA) is 28.2 Å². The van der Waals surface area contributed by atoms with Crippen molar-refractivity contribution in [2.75, 3.05) is 24.5 Å². The molecule has 0 atom stereocenters. The van der Waals surface area contributed by atoms with Crippen molar-refractivity contribution in [3.63, 3.8) is 0 Å². The SMILES string of the molecule is CCNCc1cc(C)nc(N2CC=CCC2)c1. The van der Waals surface area contributed by atoms with Crippen molar-refractivity contribution in [2.24, 2.45) is 0 Å². The molecule has 1 N–H and O–H groups in total. The van der Waals surface area contributed by atoms with Crippen LogP contribution >= 0.6 is 0 Å². The Hall–Kier alpha value is -1.35. The van der Waals surface area contributed by atoms with Gasteiger partial charge in [0.05, 0.1) is 0 Å². The summed E-state index contributed by atoms with van der Waals surface area (Å²) in [6.45, 7) is 8.19. The van der Waals surface area contributed by atoms with Crippen LogP contribution in [0.2, 0.25) is 0 Å². The third-order valence-electron chi connectivity index (χ3n) is 2.96. The molecule has 0 radical (unpaired) electrons. The number of pyridine rings is 1. The number of aryl methyl sites for hydroxylation is 1. The lowest BCUT2D eigenvalue weighted by Crippen LogP contribution is -2.28. The molecule has 0 aromatic carbocycles. The molecule has 1 aliphatic heterocycles. The van der Waals surface area contributed by atoms with E-state index in [4.69, 9.17) is 0 Å². The normalized spacial score (nSPS) is 15.3. The minimum absolute atomic E-state index is 0.927. The molecule has 0 aliphatic carbocycles. The molecule has 1 aromatic rings. The van der Waals surface area contributed by atoms with E-state index in [2.05, 4.69) is 53.3 Å². The van der Waals surface area contributed by atoms with Crippen molar-refractivity contribution in [1.82, 2.24) is 10.3 Å². The standard InChI is InChI=1S/C14H21N3/c1-3-15-11-13-9-12(2)16-14(10-13)17-7-5-4-6-8-17/h4-5,9-10,15H,3,6-8,11H2,1-2H3. The Morgan fingerprint density at radius 3 is 2.94 bits per heavy atom. The summed E-state index contributed by atoms with van der Waals surface area (Å²) in [5, 5.41) is 3.36. The fourth-order valence-corrected chi connectivity index (χ4v) is 2.10. The van der Waals surface area contributed by atoms with Gasteiger partial charge < -0.3 is 10.2 Å². The Morgan fingerprint density at radius 1 is 1.35 bits per heavy atom. The Morgan fingerprint density at radius 2 is 2.24 bits per heavy atom. The van der Waals surface area contributed by atoms with Gasteiger partial charge in [-0.1, -0.05) is 19.1 Å². The predicted molar refractivity (Wildman–Crippen MR) is 72.3 cm³/mol. The highest BCUT2D eigenvalue weighted by atomic mass is 15.2. The maximum absolute atomic E-state index is 4.63. The molecule has 0 bridgehead atoms. The summed E-state index contributed by atoms with van der Waals surface area (Å²) in [7, 11) is 0. The zero-order valence-corrected chi connectivity index (χ0v) is 10.7. The van der Waals surface area contributed by atoms with Gasteiger partial charge in [0.15, 0.2) is 0 Å². The number of anilines is 1. The van der Waals surface area contributed by atoms with Crippen molar-refractivity contribution in [1.29, 1.82) is 0 Å².